The second kappa shape index (κ2) is 9.67. The van der Waals surface area contributed by atoms with E-state index in [1.807, 2.05) is 30.3 Å². The van der Waals surface area contributed by atoms with Crippen LogP contribution in [0.1, 0.15) is 10.5 Å². The van der Waals surface area contributed by atoms with Gasteiger partial charge in [-0.3, -0.25) is 9.52 Å². The van der Waals surface area contributed by atoms with Gasteiger partial charge in [0.2, 0.25) is 0 Å². The van der Waals surface area contributed by atoms with Gasteiger partial charge in [-0.25, -0.2) is 13.1 Å². The van der Waals surface area contributed by atoms with Gasteiger partial charge < -0.3 is 10.1 Å². The highest BCUT2D eigenvalue weighted by Crippen LogP contribution is 2.18. The average molecular weight is 485 g/mol. The number of nitrogens with zero attached hydrogens (tertiary/aromatic N) is 4. The molecule has 2 aromatic carbocycles. The first kappa shape index (κ1) is 22.2. The SMILES string of the molecule is O=C(Nc1ccc(S(=O)(=O)Nc2ccc(Cl)nn2)cc1)c1ccn(COc2ccccc2)n1. The summed E-state index contributed by atoms with van der Waals surface area (Å²) in [5.74, 6) is 0.272. The molecule has 168 valence electrons. The van der Waals surface area contributed by atoms with Crippen molar-refractivity contribution < 1.29 is 17.9 Å². The van der Waals surface area contributed by atoms with Crippen LogP contribution in [0.2, 0.25) is 5.15 Å². The lowest BCUT2D eigenvalue weighted by molar-refractivity contribution is 0.102. The molecule has 0 fully saturated rings. The Morgan fingerprint density at radius 2 is 1.73 bits per heavy atom. The molecule has 0 unspecified atom stereocenters. The Morgan fingerprint density at radius 3 is 2.42 bits per heavy atom. The third-order valence-corrected chi connectivity index (χ3v) is 5.85. The highest BCUT2D eigenvalue weighted by Gasteiger charge is 2.16. The molecule has 10 nitrogen and oxygen atoms in total. The van der Waals surface area contributed by atoms with Crippen LogP contribution < -0.4 is 14.8 Å². The van der Waals surface area contributed by atoms with Crippen molar-refractivity contribution in [3.8, 4) is 5.75 Å². The fourth-order valence-electron chi connectivity index (χ4n) is 2.69. The molecule has 0 atom stereocenters. The molecule has 12 heteroatoms. The maximum absolute atomic E-state index is 12.5. The van der Waals surface area contributed by atoms with E-state index in [4.69, 9.17) is 16.3 Å². The number of anilines is 2. The van der Waals surface area contributed by atoms with Gasteiger partial charge in [0, 0.05) is 11.9 Å². The number of sulfonamides is 1. The number of para-hydroxylation sites is 1. The summed E-state index contributed by atoms with van der Waals surface area (Å²) < 4.78 is 34.3. The van der Waals surface area contributed by atoms with Gasteiger partial charge >= 0.3 is 0 Å². The van der Waals surface area contributed by atoms with Crippen LogP contribution in [0.3, 0.4) is 0 Å². The van der Waals surface area contributed by atoms with Crippen molar-refractivity contribution in [3.63, 3.8) is 0 Å². The zero-order valence-electron chi connectivity index (χ0n) is 16.9. The number of amides is 1. The van der Waals surface area contributed by atoms with E-state index in [0.29, 0.717) is 11.4 Å². The molecule has 0 aliphatic carbocycles. The fraction of sp³-hybridized carbons (Fsp3) is 0.0476. The molecule has 0 aliphatic rings. The second-order valence-corrected chi connectivity index (χ2v) is 8.72. The van der Waals surface area contributed by atoms with E-state index < -0.39 is 15.9 Å². The van der Waals surface area contributed by atoms with Gasteiger partial charge in [-0.05, 0) is 54.6 Å². The molecule has 0 bridgehead atoms. The average Bonchev–Trinajstić information content (AvgIpc) is 3.30. The molecule has 0 saturated heterocycles. The Balaban J connectivity index is 1.36. The number of nitrogens with one attached hydrogen (secondary N) is 2. The minimum Gasteiger partial charge on any atom is -0.471 e. The van der Waals surface area contributed by atoms with Gasteiger partial charge in [-0.15, -0.1) is 10.2 Å². The lowest BCUT2D eigenvalue weighted by Crippen LogP contribution is -2.15. The first-order valence-corrected chi connectivity index (χ1v) is 11.4. The van der Waals surface area contributed by atoms with E-state index >= 15 is 0 Å². The lowest BCUT2D eigenvalue weighted by atomic mass is 10.3. The predicted octanol–water partition coefficient (Wildman–Crippen LogP) is 3.42. The number of halogens is 1. The smallest absolute Gasteiger partial charge is 0.276 e. The molecule has 0 aliphatic heterocycles. The maximum Gasteiger partial charge on any atom is 0.276 e. The molecule has 2 aromatic heterocycles. The van der Waals surface area contributed by atoms with Crippen molar-refractivity contribution in [2.45, 2.75) is 11.6 Å². The molecule has 1 amide bonds. The van der Waals surface area contributed by atoms with Crippen LogP contribution in [-0.2, 0) is 16.8 Å². The van der Waals surface area contributed by atoms with Crippen LogP contribution in [0, 0.1) is 0 Å². The number of benzene rings is 2. The minimum atomic E-state index is -3.89. The summed E-state index contributed by atoms with van der Waals surface area (Å²) in [6.07, 6.45) is 1.62. The number of aromatic nitrogens is 4. The maximum atomic E-state index is 12.5. The van der Waals surface area contributed by atoms with Crippen molar-refractivity contribution in [2.24, 2.45) is 0 Å². The molecule has 33 heavy (non-hydrogen) atoms. The summed E-state index contributed by atoms with van der Waals surface area (Å²) in [6.45, 7) is 0.148. The zero-order chi connectivity index (χ0) is 23.3. The third kappa shape index (κ3) is 5.84. The van der Waals surface area contributed by atoms with Gasteiger partial charge in [-0.1, -0.05) is 29.8 Å². The third-order valence-electron chi connectivity index (χ3n) is 4.27. The minimum absolute atomic E-state index is 0.0143. The Hall–Kier alpha value is -3.96. The van der Waals surface area contributed by atoms with E-state index in [-0.39, 0.29) is 28.3 Å². The quantitative estimate of drug-likeness (QED) is 0.392. The normalized spacial score (nSPS) is 11.1. The molecule has 2 N–H and O–H groups in total. The molecule has 0 saturated carbocycles. The van der Waals surface area contributed by atoms with Crippen molar-refractivity contribution in [1.82, 2.24) is 20.0 Å². The summed E-state index contributed by atoms with van der Waals surface area (Å²) in [5, 5.41) is 14.3. The van der Waals surface area contributed by atoms with E-state index in [0.717, 1.165) is 0 Å². The van der Waals surface area contributed by atoms with Crippen molar-refractivity contribution in [2.75, 3.05) is 10.0 Å². The van der Waals surface area contributed by atoms with Gasteiger partial charge in [0.05, 0.1) is 4.90 Å². The summed E-state index contributed by atoms with van der Waals surface area (Å²) in [5.41, 5.74) is 0.589. The van der Waals surface area contributed by atoms with Crippen molar-refractivity contribution >= 4 is 39.0 Å². The zero-order valence-corrected chi connectivity index (χ0v) is 18.5. The number of carbonyl (C=O) groups is 1. The Morgan fingerprint density at radius 1 is 0.970 bits per heavy atom. The highest BCUT2D eigenvalue weighted by atomic mass is 35.5. The largest absolute Gasteiger partial charge is 0.471 e. The summed E-state index contributed by atoms with van der Waals surface area (Å²) in [4.78, 5) is 12.5. The lowest BCUT2D eigenvalue weighted by Gasteiger charge is -2.08. The van der Waals surface area contributed by atoms with Crippen LogP contribution in [0.5, 0.6) is 5.75 Å². The van der Waals surface area contributed by atoms with E-state index in [1.54, 1.807) is 12.3 Å². The first-order chi connectivity index (χ1) is 15.9. The Bertz CT molecular complexity index is 1340. The number of hydrogen-bond donors (Lipinski definition) is 2. The van der Waals surface area contributed by atoms with Gasteiger partial charge in [0.15, 0.2) is 23.4 Å². The van der Waals surface area contributed by atoms with Crippen LogP contribution >= 0.6 is 11.6 Å². The molecule has 0 spiro atoms. The van der Waals surface area contributed by atoms with Gasteiger partial charge in [0.1, 0.15) is 5.75 Å². The monoisotopic (exact) mass is 484 g/mol. The molecule has 2 heterocycles. The molecule has 0 radical (unpaired) electrons. The van der Waals surface area contributed by atoms with Crippen LogP contribution in [0.25, 0.3) is 0 Å². The molecule has 4 rings (SSSR count). The van der Waals surface area contributed by atoms with E-state index in [2.05, 4.69) is 25.3 Å². The Kier molecular flexibility index (Phi) is 6.52. The van der Waals surface area contributed by atoms with Crippen LogP contribution in [0.15, 0.2) is 83.9 Å². The van der Waals surface area contributed by atoms with E-state index in [1.165, 1.54) is 41.1 Å². The highest BCUT2D eigenvalue weighted by molar-refractivity contribution is 7.92. The van der Waals surface area contributed by atoms with Crippen molar-refractivity contribution in [1.29, 1.82) is 0 Å². The summed E-state index contributed by atoms with van der Waals surface area (Å²) >= 11 is 5.65. The topological polar surface area (TPSA) is 128 Å². The van der Waals surface area contributed by atoms with Crippen LogP contribution in [0.4, 0.5) is 11.5 Å². The van der Waals surface area contributed by atoms with Crippen molar-refractivity contribution in [3.05, 3.63) is 89.8 Å². The first-order valence-electron chi connectivity index (χ1n) is 9.54. The molecule has 4 aromatic rings. The van der Waals surface area contributed by atoms with Crippen LogP contribution in [-0.4, -0.2) is 34.3 Å². The van der Waals surface area contributed by atoms with E-state index in [9.17, 15) is 13.2 Å². The summed E-state index contributed by atoms with van der Waals surface area (Å²) in [6, 6.07) is 19.2. The molecular weight excluding hydrogens is 468 g/mol. The number of carbonyl (C=O) groups excluding carboxylic acids is 1. The fourth-order valence-corrected chi connectivity index (χ4v) is 3.79. The van der Waals surface area contributed by atoms with Gasteiger partial charge in [-0.2, -0.15) is 5.10 Å². The standard InChI is InChI=1S/C21H17ClN6O4S/c22-19-10-11-20(25-24-19)27-33(30,31)17-8-6-15(7-9-17)23-21(29)18-12-13-28(26-18)14-32-16-4-2-1-3-5-16/h1-13H,14H2,(H,23,29)(H,25,27). The predicted molar refractivity (Wildman–Crippen MR) is 122 cm³/mol. The number of rotatable bonds is 8. The number of hydrogen-bond acceptors (Lipinski definition) is 7. The Labute approximate surface area is 194 Å². The molecular formula is C21H17ClN6O4S. The second-order valence-electron chi connectivity index (χ2n) is 6.65. The summed E-state index contributed by atoms with van der Waals surface area (Å²) in [7, 11) is -3.89. The van der Waals surface area contributed by atoms with Gasteiger partial charge in [0.25, 0.3) is 15.9 Å². The number of ether oxygens (including phenoxy) is 1.